The monoisotopic (exact) mass is 418 g/mol. The second-order valence-electron chi connectivity index (χ2n) is 6.78. The van der Waals surface area contributed by atoms with E-state index in [0.717, 1.165) is 16.6 Å². The lowest BCUT2D eigenvalue weighted by Gasteiger charge is -2.18. The van der Waals surface area contributed by atoms with Gasteiger partial charge in [-0.25, -0.2) is 14.4 Å². The van der Waals surface area contributed by atoms with Crippen LogP contribution in [0, 0.1) is 5.82 Å². The van der Waals surface area contributed by atoms with E-state index in [1.54, 1.807) is 30.3 Å². The summed E-state index contributed by atoms with van der Waals surface area (Å²) in [7, 11) is 3.25. The fourth-order valence-corrected chi connectivity index (χ4v) is 3.13. The summed E-state index contributed by atoms with van der Waals surface area (Å²) in [6.45, 7) is 0. The largest absolute Gasteiger partial charge is 0.503 e. The molecule has 2 heterocycles. The molecule has 4 aromatic rings. The van der Waals surface area contributed by atoms with Crippen LogP contribution in [0.15, 0.2) is 66.9 Å². The summed E-state index contributed by atoms with van der Waals surface area (Å²) in [6.07, 6.45) is 1.39. The van der Waals surface area contributed by atoms with Crippen LogP contribution in [0.25, 0.3) is 10.9 Å². The zero-order valence-corrected chi connectivity index (χ0v) is 16.8. The van der Waals surface area contributed by atoms with Crippen LogP contribution in [0.1, 0.15) is 10.5 Å². The Morgan fingerprint density at radius 2 is 1.87 bits per heavy atom. The van der Waals surface area contributed by atoms with Gasteiger partial charge < -0.3 is 20.1 Å². The van der Waals surface area contributed by atoms with Gasteiger partial charge in [0.05, 0.1) is 12.6 Å². The SMILES string of the molecule is COc1ccnc(C(=O)Nc2ccc3nc(N(C)c4ccc(F)cc4)ccc3c2)c1O. The van der Waals surface area contributed by atoms with Crippen LogP contribution in [0.2, 0.25) is 0 Å². The number of benzene rings is 2. The van der Waals surface area contributed by atoms with E-state index in [4.69, 9.17) is 4.74 Å². The molecule has 2 aromatic carbocycles. The number of methoxy groups -OCH3 is 1. The fourth-order valence-electron chi connectivity index (χ4n) is 3.13. The van der Waals surface area contributed by atoms with Crippen molar-refractivity contribution in [2.24, 2.45) is 0 Å². The van der Waals surface area contributed by atoms with Crippen molar-refractivity contribution >= 4 is 34.0 Å². The molecule has 2 N–H and O–H groups in total. The molecule has 1 amide bonds. The van der Waals surface area contributed by atoms with Crippen molar-refractivity contribution in [3.8, 4) is 11.5 Å². The van der Waals surface area contributed by atoms with Crippen LogP contribution in [0.4, 0.5) is 21.6 Å². The quantitative estimate of drug-likeness (QED) is 0.496. The van der Waals surface area contributed by atoms with Crippen molar-refractivity contribution in [1.82, 2.24) is 9.97 Å². The number of nitrogens with one attached hydrogen (secondary N) is 1. The van der Waals surface area contributed by atoms with Crippen LogP contribution in [-0.4, -0.2) is 35.1 Å². The Kier molecular flexibility index (Phi) is 5.36. The number of aromatic hydroxyl groups is 1. The molecule has 0 spiro atoms. The van der Waals surface area contributed by atoms with Gasteiger partial charge in [0, 0.05) is 36.1 Å². The molecular weight excluding hydrogens is 399 g/mol. The number of pyridine rings is 2. The summed E-state index contributed by atoms with van der Waals surface area (Å²) in [5.41, 5.74) is 1.94. The number of hydrogen-bond acceptors (Lipinski definition) is 6. The normalized spacial score (nSPS) is 10.7. The molecule has 8 heteroatoms. The van der Waals surface area contributed by atoms with Gasteiger partial charge in [0.1, 0.15) is 11.6 Å². The molecule has 0 aliphatic carbocycles. The number of fused-ring (bicyclic) bond motifs is 1. The van der Waals surface area contributed by atoms with Crippen LogP contribution >= 0.6 is 0 Å². The lowest BCUT2D eigenvalue weighted by Crippen LogP contribution is -2.14. The highest BCUT2D eigenvalue weighted by molar-refractivity contribution is 6.05. The van der Waals surface area contributed by atoms with E-state index in [2.05, 4.69) is 15.3 Å². The Labute approximate surface area is 177 Å². The third-order valence-corrected chi connectivity index (χ3v) is 4.81. The highest BCUT2D eigenvalue weighted by atomic mass is 19.1. The number of hydrogen-bond donors (Lipinski definition) is 2. The molecule has 0 radical (unpaired) electrons. The second-order valence-corrected chi connectivity index (χ2v) is 6.78. The molecule has 0 saturated carbocycles. The zero-order valence-electron chi connectivity index (χ0n) is 16.8. The number of ether oxygens (including phenoxy) is 1. The minimum atomic E-state index is -0.559. The fraction of sp³-hybridized carbons (Fsp3) is 0.0870. The first-order chi connectivity index (χ1) is 15.0. The smallest absolute Gasteiger partial charge is 0.278 e. The molecular formula is C23H19FN4O3. The predicted molar refractivity (Wildman–Crippen MR) is 117 cm³/mol. The van der Waals surface area contributed by atoms with Gasteiger partial charge in [0.2, 0.25) is 0 Å². The van der Waals surface area contributed by atoms with Crippen molar-refractivity contribution in [3.05, 3.63) is 78.4 Å². The van der Waals surface area contributed by atoms with Crippen molar-refractivity contribution in [3.63, 3.8) is 0 Å². The molecule has 0 unspecified atom stereocenters. The molecule has 4 rings (SSSR count). The number of aromatic nitrogens is 2. The predicted octanol–water partition coefficient (Wildman–Crippen LogP) is 4.50. The van der Waals surface area contributed by atoms with E-state index in [9.17, 15) is 14.3 Å². The summed E-state index contributed by atoms with van der Waals surface area (Å²) in [5, 5.41) is 13.7. The lowest BCUT2D eigenvalue weighted by molar-refractivity contribution is 0.101. The van der Waals surface area contributed by atoms with Crippen LogP contribution in [0.5, 0.6) is 11.5 Å². The lowest BCUT2D eigenvalue weighted by atomic mass is 10.2. The Balaban J connectivity index is 1.57. The summed E-state index contributed by atoms with van der Waals surface area (Å²) in [4.78, 5) is 22.9. The average molecular weight is 418 g/mol. The summed E-state index contributed by atoms with van der Waals surface area (Å²) in [6, 6.07) is 16.6. The molecule has 0 aliphatic heterocycles. The van der Waals surface area contributed by atoms with E-state index in [-0.39, 0.29) is 23.0 Å². The van der Waals surface area contributed by atoms with E-state index in [0.29, 0.717) is 11.5 Å². The van der Waals surface area contributed by atoms with Crippen LogP contribution in [0.3, 0.4) is 0 Å². The Hall–Kier alpha value is -4.20. The van der Waals surface area contributed by atoms with Crippen molar-refractivity contribution in [2.75, 3.05) is 24.4 Å². The molecule has 31 heavy (non-hydrogen) atoms. The zero-order chi connectivity index (χ0) is 22.0. The van der Waals surface area contributed by atoms with E-state index in [1.807, 2.05) is 24.1 Å². The van der Waals surface area contributed by atoms with Gasteiger partial charge in [-0.05, 0) is 54.6 Å². The Morgan fingerprint density at radius 3 is 2.61 bits per heavy atom. The third kappa shape index (κ3) is 4.09. The number of halogens is 1. The second kappa shape index (κ2) is 8.27. The highest BCUT2D eigenvalue weighted by Gasteiger charge is 2.17. The molecule has 0 bridgehead atoms. The van der Waals surface area contributed by atoms with Crippen molar-refractivity contribution < 1.29 is 19.0 Å². The first-order valence-electron chi connectivity index (χ1n) is 9.39. The van der Waals surface area contributed by atoms with E-state index < -0.39 is 5.91 Å². The molecule has 0 fully saturated rings. The first-order valence-corrected chi connectivity index (χ1v) is 9.39. The summed E-state index contributed by atoms with van der Waals surface area (Å²) in [5.74, 6) is -0.312. The van der Waals surface area contributed by atoms with Gasteiger partial charge in [-0.15, -0.1) is 0 Å². The standard InChI is InChI=1S/C23H19FN4O3/c1-28(17-7-4-15(24)5-8-17)20-10-3-14-13-16(6-9-18(14)27-20)26-23(30)21-22(29)19(31-2)11-12-25-21/h3-13,29H,1-2H3,(H,26,30). The van der Waals surface area contributed by atoms with E-state index in [1.165, 1.54) is 31.5 Å². The molecule has 156 valence electrons. The number of carbonyl (C=O) groups excluding carboxylic acids is 1. The van der Waals surface area contributed by atoms with Gasteiger partial charge >= 0.3 is 0 Å². The summed E-state index contributed by atoms with van der Waals surface area (Å²) < 4.78 is 18.2. The summed E-state index contributed by atoms with van der Waals surface area (Å²) >= 11 is 0. The Bertz CT molecular complexity index is 1260. The Morgan fingerprint density at radius 1 is 1.10 bits per heavy atom. The topological polar surface area (TPSA) is 87.6 Å². The molecule has 7 nitrogen and oxygen atoms in total. The third-order valence-electron chi connectivity index (χ3n) is 4.81. The number of rotatable bonds is 5. The van der Waals surface area contributed by atoms with Gasteiger partial charge in [0.25, 0.3) is 5.91 Å². The molecule has 0 aliphatic rings. The maximum absolute atomic E-state index is 13.2. The van der Waals surface area contributed by atoms with Gasteiger partial charge in [-0.3, -0.25) is 4.79 Å². The minimum Gasteiger partial charge on any atom is -0.503 e. The molecule has 0 saturated heterocycles. The van der Waals surface area contributed by atoms with Gasteiger partial charge in [-0.1, -0.05) is 0 Å². The average Bonchev–Trinajstić information content (AvgIpc) is 2.79. The van der Waals surface area contributed by atoms with Crippen LogP contribution in [-0.2, 0) is 0 Å². The van der Waals surface area contributed by atoms with Crippen molar-refractivity contribution in [2.45, 2.75) is 0 Å². The number of anilines is 3. The highest BCUT2D eigenvalue weighted by Crippen LogP contribution is 2.29. The van der Waals surface area contributed by atoms with Crippen LogP contribution < -0.4 is 15.0 Å². The number of amides is 1. The van der Waals surface area contributed by atoms with Crippen molar-refractivity contribution in [1.29, 1.82) is 0 Å². The maximum atomic E-state index is 13.2. The number of carbonyl (C=O) groups is 1. The van der Waals surface area contributed by atoms with Gasteiger partial charge in [-0.2, -0.15) is 0 Å². The molecule has 2 aromatic heterocycles. The first kappa shape index (κ1) is 20.1. The van der Waals surface area contributed by atoms with E-state index >= 15 is 0 Å². The maximum Gasteiger partial charge on any atom is 0.278 e. The minimum absolute atomic E-state index is 0.131. The van der Waals surface area contributed by atoms with Gasteiger partial charge in [0.15, 0.2) is 17.2 Å². The number of nitrogens with zero attached hydrogens (tertiary/aromatic N) is 3. The molecule has 0 atom stereocenters.